The second kappa shape index (κ2) is 7.99. The molecule has 2 aromatic rings. The first-order chi connectivity index (χ1) is 11.6. The van der Waals surface area contributed by atoms with Gasteiger partial charge in [0.25, 0.3) is 0 Å². The van der Waals surface area contributed by atoms with Gasteiger partial charge in [-0.05, 0) is 53.9 Å². The van der Waals surface area contributed by atoms with Gasteiger partial charge in [-0.2, -0.15) is 0 Å². The highest BCUT2D eigenvalue weighted by atomic mass is 32.2. The summed E-state index contributed by atoms with van der Waals surface area (Å²) in [6, 6.07) is 16.1. The SMILES string of the molecule is Cc1ccc(C)c(SC(c2ccc(C(C)C)cc2)C(C)(C)C(C)C)c1. The molecule has 0 saturated heterocycles. The molecule has 0 amide bonds. The number of hydrogen-bond acceptors (Lipinski definition) is 1. The van der Waals surface area contributed by atoms with Gasteiger partial charge in [0.05, 0.1) is 0 Å². The zero-order chi connectivity index (χ0) is 18.8. The van der Waals surface area contributed by atoms with Gasteiger partial charge in [0.1, 0.15) is 0 Å². The standard InChI is InChI=1S/C24H34S/c1-16(2)20-11-13-21(14-12-20)23(24(7,8)17(3)4)25-22-15-18(5)9-10-19(22)6/h9-17,23H,1-8H3. The maximum absolute atomic E-state index is 2.41. The monoisotopic (exact) mass is 354 g/mol. The summed E-state index contributed by atoms with van der Waals surface area (Å²) >= 11 is 2.03. The number of rotatable bonds is 6. The molecule has 2 aromatic carbocycles. The molecular weight excluding hydrogens is 320 g/mol. The zero-order valence-corrected chi connectivity index (χ0v) is 18.0. The molecule has 0 aromatic heterocycles. The smallest absolute Gasteiger partial charge is 0.0398 e. The maximum Gasteiger partial charge on any atom is 0.0398 e. The van der Waals surface area contributed by atoms with Gasteiger partial charge < -0.3 is 0 Å². The minimum absolute atomic E-state index is 0.209. The van der Waals surface area contributed by atoms with Crippen LogP contribution < -0.4 is 0 Å². The third-order valence-corrected chi connectivity index (χ3v) is 7.47. The molecule has 0 aliphatic carbocycles. The van der Waals surface area contributed by atoms with Crippen molar-refractivity contribution in [2.45, 2.75) is 71.5 Å². The fourth-order valence-electron chi connectivity index (χ4n) is 2.97. The van der Waals surface area contributed by atoms with Crippen molar-refractivity contribution in [2.75, 3.05) is 0 Å². The first-order valence-electron chi connectivity index (χ1n) is 9.46. The van der Waals surface area contributed by atoms with Crippen molar-refractivity contribution in [3.05, 3.63) is 64.7 Å². The molecule has 0 heterocycles. The van der Waals surface area contributed by atoms with Crippen molar-refractivity contribution in [1.82, 2.24) is 0 Å². The molecule has 0 bridgehead atoms. The van der Waals surface area contributed by atoms with Crippen LogP contribution in [0.15, 0.2) is 47.4 Å². The van der Waals surface area contributed by atoms with Crippen molar-refractivity contribution >= 4 is 11.8 Å². The lowest BCUT2D eigenvalue weighted by Crippen LogP contribution is -2.26. The maximum atomic E-state index is 2.41. The van der Waals surface area contributed by atoms with E-state index in [1.165, 1.54) is 27.1 Å². The van der Waals surface area contributed by atoms with E-state index < -0.39 is 0 Å². The Hall–Kier alpha value is -1.21. The Morgan fingerprint density at radius 1 is 0.800 bits per heavy atom. The molecule has 25 heavy (non-hydrogen) atoms. The third-order valence-electron chi connectivity index (χ3n) is 5.66. The largest absolute Gasteiger partial charge is 0.117 e. The average molecular weight is 355 g/mol. The van der Waals surface area contributed by atoms with Crippen molar-refractivity contribution in [3.63, 3.8) is 0 Å². The van der Waals surface area contributed by atoms with Crippen LogP contribution in [0.3, 0.4) is 0 Å². The lowest BCUT2D eigenvalue weighted by atomic mass is 9.75. The van der Waals surface area contributed by atoms with E-state index in [0.29, 0.717) is 17.1 Å². The fraction of sp³-hybridized carbons (Fsp3) is 0.500. The topological polar surface area (TPSA) is 0 Å². The summed E-state index contributed by atoms with van der Waals surface area (Å²) < 4.78 is 0. The minimum atomic E-state index is 0.209. The van der Waals surface area contributed by atoms with Crippen LogP contribution in [0.25, 0.3) is 0 Å². The molecule has 0 fully saturated rings. The van der Waals surface area contributed by atoms with Gasteiger partial charge in [-0.15, -0.1) is 11.8 Å². The quantitative estimate of drug-likeness (QED) is 0.474. The molecule has 0 aliphatic heterocycles. The molecular formula is C24H34S. The van der Waals surface area contributed by atoms with Crippen LogP contribution >= 0.6 is 11.8 Å². The second-order valence-electron chi connectivity index (χ2n) is 8.56. The summed E-state index contributed by atoms with van der Waals surface area (Å²) in [5, 5.41) is 0.439. The molecule has 0 spiro atoms. The van der Waals surface area contributed by atoms with Gasteiger partial charge >= 0.3 is 0 Å². The molecule has 1 unspecified atom stereocenters. The molecule has 1 heteroatoms. The fourth-order valence-corrected chi connectivity index (χ4v) is 4.60. The van der Waals surface area contributed by atoms with E-state index in [9.17, 15) is 0 Å². The Labute approximate surface area is 159 Å². The van der Waals surface area contributed by atoms with Crippen molar-refractivity contribution in [1.29, 1.82) is 0 Å². The van der Waals surface area contributed by atoms with E-state index in [-0.39, 0.29) is 5.41 Å². The first-order valence-corrected chi connectivity index (χ1v) is 10.3. The summed E-state index contributed by atoms with van der Waals surface area (Å²) in [6.07, 6.45) is 0. The predicted molar refractivity (Wildman–Crippen MR) is 114 cm³/mol. The van der Waals surface area contributed by atoms with Gasteiger partial charge in [-0.3, -0.25) is 0 Å². The molecule has 0 radical (unpaired) electrons. The predicted octanol–water partition coefficient (Wildman–Crippen LogP) is 7.94. The molecule has 1 atom stereocenters. The normalized spacial score (nSPS) is 13.5. The zero-order valence-electron chi connectivity index (χ0n) is 17.2. The molecule has 0 aliphatic rings. The van der Waals surface area contributed by atoms with E-state index >= 15 is 0 Å². The van der Waals surface area contributed by atoms with Crippen molar-refractivity contribution in [3.8, 4) is 0 Å². The van der Waals surface area contributed by atoms with Crippen molar-refractivity contribution in [2.24, 2.45) is 11.3 Å². The Morgan fingerprint density at radius 3 is 1.88 bits per heavy atom. The minimum Gasteiger partial charge on any atom is -0.117 e. The first kappa shape index (κ1) is 20.1. The highest BCUT2D eigenvalue weighted by molar-refractivity contribution is 7.99. The molecule has 0 N–H and O–H groups in total. The average Bonchev–Trinajstić information content (AvgIpc) is 2.55. The Kier molecular flexibility index (Phi) is 6.43. The van der Waals surface area contributed by atoms with Crippen LogP contribution in [0.5, 0.6) is 0 Å². The van der Waals surface area contributed by atoms with E-state index in [4.69, 9.17) is 0 Å². The van der Waals surface area contributed by atoms with E-state index in [0.717, 1.165) is 0 Å². The lowest BCUT2D eigenvalue weighted by Gasteiger charge is -2.38. The van der Waals surface area contributed by atoms with Crippen LogP contribution in [-0.4, -0.2) is 0 Å². The van der Waals surface area contributed by atoms with Gasteiger partial charge in [-0.25, -0.2) is 0 Å². The summed E-state index contributed by atoms with van der Waals surface area (Å²) in [6.45, 7) is 18.4. The van der Waals surface area contributed by atoms with Crippen LogP contribution in [0.2, 0.25) is 0 Å². The Balaban J connectivity index is 2.45. The van der Waals surface area contributed by atoms with Crippen LogP contribution in [0.4, 0.5) is 0 Å². The lowest BCUT2D eigenvalue weighted by molar-refractivity contribution is 0.242. The number of thioether (sulfide) groups is 1. The van der Waals surface area contributed by atoms with Crippen LogP contribution in [-0.2, 0) is 0 Å². The van der Waals surface area contributed by atoms with Gasteiger partial charge in [0.2, 0.25) is 0 Å². The molecule has 136 valence electrons. The van der Waals surface area contributed by atoms with Crippen LogP contribution in [0.1, 0.15) is 75.0 Å². The highest BCUT2D eigenvalue weighted by Crippen LogP contribution is 2.51. The second-order valence-corrected chi connectivity index (χ2v) is 9.71. The third kappa shape index (κ3) is 4.70. The van der Waals surface area contributed by atoms with Crippen molar-refractivity contribution < 1.29 is 0 Å². The Bertz CT molecular complexity index is 693. The molecule has 0 saturated carbocycles. The molecule has 0 nitrogen and oxygen atoms in total. The molecule has 2 rings (SSSR count). The summed E-state index contributed by atoms with van der Waals surface area (Å²) in [5.74, 6) is 1.19. The number of hydrogen-bond donors (Lipinski definition) is 0. The highest BCUT2D eigenvalue weighted by Gasteiger charge is 2.34. The Morgan fingerprint density at radius 2 is 1.36 bits per heavy atom. The van der Waals surface area contributed by atoms with E-state index in [2.05, 4.69) is 97.9 Å². The van der Waals surface area contributed by atoms with Gasteiger partial charge in [-0.1, -0.05) is 83.5 Å². The summed E-state index contributed by atoms with van der Waals surface area (Å²) in [7, 11) is 0. The van der Waals surface area contributed by atoms with Gasteiger partial charge in [0.15, 0.2) is 0 Å². The van der Waals surface area contributed by atoms with E-state index in [1.54, 1.807) is 0 Å². The summed E-state index contributed by atoms with van der Waals surface area (Å²) in [5.41, 5.74) is 5.78. The van der Waals surface area contributed by atoms with E-state index in [1.807, 2.05) is 11.8 Å². The van der Waals surface area contributed by atoms with Gasteiger partial charge in [0, 0.05) is 10.1 Å². The summed E-state index contributed by atoms with van der Waals surface area (Å²) in [4.78, 5) is 1.41. The number of benzene rings is 2. The number of aryl methyl sites for hydroxylation is 2. The van der Waals surface area contributed by atoms with Crippen LogP contribution in [0, 0.1) is 25.2 Å².